The van der Waals surface area contributed by atoms with E-state index in [9.17, 15) is 0 Å². The molecule has 1 rings (SSSR count). The molecular formula is C11H24N2O3. The predicted molar refractivity (Wildman–Crippen MR) is 62.8 cm³/mol. The summed E-state index contributed by atoms with van der Waals surface area (Å²) in [5.74, 6) is 0. The van der Waals surface area contributed by atoms with Crippen molar-refractivity contribution in [1.29, 1.82) is 0 Å². The van der Waals surface area contributed by atoms with Gasteiger partial charge in [0.25, 0.3) is 0 Å². The average Bonchev–Trinajstić information content (AvgIpc) is 2.30. The van der Waals surface area contributed by atoms with Crippen molar-refractivity contribution in [1.82, 2.24) is 10.2 Å². The van der Waals surface area contributed by atoms with Gasteiger partial charge in [-0.2, -0.15) is 0 Å². The van der Waals surface area contributed by atoms with Crippen LogP contribution in [0, 0.1) is 0 Å². The molecule has 1 fully saturated rings. The lowest BCUT2D eigenvalue weighted by Gasteiger charge is -2.32. The first kappa shape index (κ1) is 13.9. The Bertz CT molecular complexity index is 167. The highest BCUT2D eigenvalue weighted by Crippen LogP contribution is 2.03. The van der Waals surface area contributed by atoms with Crippen LogP contribution in [0.2, 0.25) is 0 Å². The summed E-state index contributed by atoms with van der Waals surface area (Å²) in [6.45, 7) is 6.85. The summed E-state index contributed by atoms with van der Waals surface area (Å²) in [5, 5.41) is 3.14. The fourth-order valence-electron chi connectivity index (χ4n) is 1.77. The molecule has 0 aliphatic carbocycles. The van der Waals surface area contributed by atoms with Gasteiger partial charge in [0, 0.05) is 33.3 Å². The zero-order valence-electron chi connectivity index (χ0n) is 10.4. The van der Waals surface area contributed by atoms with Crippen molar-refractivity contribution >= 4 is 0 Å². The molecule has 0 aromatic rings. The quantitative estimate of drug-likeness (QED) is 0.575. The van der Waals surface area contributed by atoms with Crippen molar-refractivity contribution in [2.45, 2.75) is 6.10 Å². The van der Waals surface area contributed by atoms with Gasteiger partial charge in [0.05, 0.1) is 32.5 Å². The normalized spacial score (nSPS) is 22.5. The van der Waals surface area contributed by atoms with Crippen LogP contribution >= 0.6 is 0 Å². The summed E-state index contributed by atoms with van der Waals surface area (Å²) in [6.07, 6.45) is 0.317. The maximum absolute atomic E-state index is 5.63. The van der Waals surface area contributed by atoms with Crippen LogP contribution in [0.1, 0.15) is 0 Å². The zero-order chi connectivity index (χ0) is 11.6. The summed E-state index contributed by atoms with van der Waals surface area (Å²) in [7, 11) is 3.64. The number of rotatable bonds is 8. The number of methoxy groups -OCH3 is 1. The van der Waals surface area contributed by atoms with Gasteiger partial charge in [-0.15, -0.1) is 0 Å². The number of morpholine rings is 1. The molecule has 96 valence electrons. The van der Waals surface area contributed by atoms with E-state index in [1.807, 2.05) is 7.05 Å². The molecule has 0 spiro atoms. The average molecular weight is 232 g/mol. The topological polar surface area (TPSA) is 43.0 Å². The lowest BCUT2D eigenvalue weighted by molar-refractivity contribution is -0.0360. The Balaban J connectivity index is 2.02. The molecule has 0 aromatic carbocycles. The molecule has 0 amide bonds. The number of ether oxygens (including phenoxy) is 3. The van der Waals surface area contributed by atoms with E-state index in [-0.39, 0.29) is 0 Å². The molecular weight excluding hydrogens is 208 g/mol. The minimum atomic E-state index is 0.317. The minimum Gasteiger partial charge on any atom is -0.382 e. The minimum absolute atomic E-state index is 0.317. The first-order chi connectivity index (χ1) is 7.86. The van der Waals surface area contributed by atoms with Crippen molar-refractivity contribution in [3.8, 4) is 0 Å². The predicted octanol–water partition coefficient (Wildman–Crippen LogP) is -0.430. The SMILES string of the molecule is CNCC1CN(CCOCCOC)CCO1. The molecule has 0 radical (unpaired) electrons. The lowest BCUT2D eigenvalue weighted by Crippen LogP contribution is -2.47. The van der Waals surface area contributed by atoms with E-state index >= 15 is 0 Å². The fraction of sp³-hybridized carbons (Fsp3) is 1.00. The van der Waals surface area contributed by atoms with Gasteiger partial charge in [-0.1, -0.05) is 0 Å². The molecule has 5 heteroatoms. The molecule has 1 atom stereocenters. The number of nitrogens with zero attached hydrogens (tertiary/aromatic N) is 1. The molecule has 1 aliphatic heterocycles. The fourth-order valence-corrected chi connectivity index (χ4v) is 1.77. The summed E-state index contributed by atoms with van der Waals surface area (Å²) in [4.78, 5) is 2.39. The van der Waals surface area contributed by atoms with Crippen LogP contribution in [0.4, 0.5) is 0 Å². The molecule has 16 heavy (non-hydrogen) atoms. The van der Waals surface area contributed by atoms with Crippen molar-refractivity contribution in [2.24, 2.45) is 0 Å². The van der Waals surface area contributed by atoms with Crippen LogP contribution in [0.3, 0.4) is 0 Å². The maximum atomic E-state index is 5.63. The second-order valence-electron chi connectivity index (χ2n) is 3.96. The lowest BCUT2D eigenvalue weighted by atomic mass is 10.2. The summed E-state index contributed by atoms with van der Waals surface area (Å²) < 4.78 is 16.0. The molecule has 1 unspecified atom stereocenters. The second-order valence-corrected chi connectivity index (χ2v) is 3.96. The Labute approximate surface area is 98.0 Å². The van der Waals surface area contributed by atoms with Gasteiger partial charge in [-0.05, 0) is 7.05 Å². The zero-order valence-corrected chi connectivity index (χ0v) is 10.4. The third-order valence-corrected chi connectivity index (χ3v) is 2.64. The van der Waals surface area contributed by atoms with Gasteiger partial charge in [-0.25, -0.2) is 0 Å². The Kier molecular flexibility index (Phi) is 7.71. The number of nitrogens with one attached hydrogen (secondary N) is 1. The third kappa shape index (κ3) is 5.77. The van der Waals surface area contributed by atoms with Gasteiger partial charge in [-0.3, -0.25) is 4.90 Å². The van der Waals surface area contributed by atoms with Gasteiger partial charge in [0.2, 0.25) is 0 Å². The van der Waals surface area contributed by atoms with Gasteiger partial charge in [0.15, 0.2) is 0 Å². The summed E-state index contributed by atoms with van der Waals surface area (Å²) in [5.41, 5.74) is 0. The van der Waals surface area contributed by atoms with Crippen LogP contribution in [-0.2, 0) is 14.2 Å². The van der Waals surface area contributed by atoms with Crippen LogP contribution < -0.4 is 5.32 Å². The van der Waals surface area contributed by atoms with Gasteiger partial charge >= 0.3 is 0 Å². The molecule has 0 bridgehead atoms. The Morgan fingerprint density at radius 3 is 3.00 bits per heavy atom. The van der Waals surface area contributed by atoms with Crippen molar-refractivity contribution in [3.63, 3.8) is 0 Å². The first-order valence-electron chi connectivity index (χ1n) is 5.92. The van der Waals surface area contributed by atoms with Crippen molar-refractivity contribution in [2.75, 3.05) is 66.8 Å². The van der Waals surface area contributed by atoms with Crippen molar-refractivity contribution < 1.29 is 14.2 Å². The summed E-state index contributed by atoms with van der Waals surface area (Å²) >= 11 is 0. The van der Waals surface area contributed by atoms with E-state index in [1.54, 1.807) is 7.11 Å². The molecule has 0 saturated carbocycles. The van der Waals surface area contributed by atoms with E-state index in [4.69, 9.17) is 14.2 Å². The summed E-state index contributed by atoms with van der Waals surface area (Å²) in [6, 6.07) is 0. The van der Waals surface area contributed by atoms with Gasteiger partial charge < -0.3 is 19.5 Å². The smallest absolute Gasteiger partial charge is 0.0826 e. The Hall–Kier alpha value is -0.200. The number of likely N-dealkylation sites (N-methyl/N-ethyl adjacent to an activating group) is 1. The van der Waals surface area contributed by atoms with E-state index < -0.39 is 0 Å². The van der Waals surface area contributed by atoms with E-state index in [1.165, 1.54) is 0 Å². The highest BCUT2D eigenvalue weighted by atomic mass is 16.5. The maximum Gasteiger partial charge on any atom is 0.0826 e. The molecule has 5 nitrogen and oxygen atoms in total. The van der Waals surface area contributed by atoms with Gasteiger partial charge in [0.1, 0.15) is 0 Å². The monoisotopic (exact) mass is 232 g/mol. The van der Waals surface area contributed by atoms with Crippen LogP contribution in [-0.4, -0.2) is 77.8 Å². The highest BCUT2D eigenvalue weighted by Gasteiger charge is 2.18. The first-order valence-corrected chi connectivity index (χ1v) is 5.92. The highest BCUT2D eigenvalue weighted by molar-refractivity contribution is 4.72. The second kappa shape index (κ2) is 8.90. The largest absolute Gasteiger partial charge is 0.382 e. The molecule has 0 aromatic heterocycles. The molecule has 1 saturated heterocycles. The van der Waals surface area contributed by atoms with Crippen LogP contribution in [0.15, 0.2) is 0 Å². The number of hydrogen-bond donors (Lipinski definition) is 1. The van der Waals surface area contributed by atoms with E-state index in [0.29, 0.717) is 19.3 Å². The molecule has 1 N–H and O–H groups in total. The molecule has 1 heterocycles. The number of hydrogen-bond acceptors (Lipinski definition) is 5. The Morgan fingerprint density at radius 2 is 2.25 bits per heavy atom. The van der Waals surface area contributed by atoms with Crippen LogP contribution in [0.25, 0.3) is 0 Å². The van der Waals surface area contributed by atoms with Crippen LogP contribution in [0.5, 0.6) is 0 Å². The standard InChI is InChI=1S/C11H24N2O3/c1-12-9-11-10-13(4-6-16-11)3-5-15-8-7-14-2/h11-12H,3-10H2,1-2H3. The van der Waals surface area contributed by atoms with E-state index in [0.717, 1.165) is 39.4 Å². The van der Waals surface area contributed by atoms with E-state index in [2.05, 4.69) is 10.2 Å². The molecule has 1 aliphatic rings. The van der Waals surface area contributed by atoms with Crippen molar-refractivity contribution in [3.05, 3.63) is 0 Å². The Morgan fingerprint density at radius 1 is 1.38 bits per heavy atom. The third-order valence-electron chi connectivity index (χ3n) is 2.64.